The maximum Gasteiger partial charge on any atom is 2.00 e. The predicted octanol–water partition coefficient (Wildman–Crippen LogP) is 4.48. The molecular weight excluding hydrogens is 295 g/mol. The molecule has 1 aromatic rings. The van der Waals surface area contributed by atoms with Gasteiger partial charge in [0.15, 0.2) is 0 Å². The van der Waals surface area contributed by atoms with E-state index in [-0.39, 0.29) is 26.2 Å². The summed E-state index contributed by atoms with van der Waals surface area (Å²) in [6.07, 6.45) is 18.3. The SMILES string of the molecule is C=CCC1[C-]=Cc2ccccc21.[C-]1=CC=CC1.[Zr+2]. The molecule has 0 nitrogen and oxygen atoms in total. The van der Waals surface area contributed by atoms with Gasteiger partial charge in [0.1, 0.15) is 0 Å². The molecule has 0 radical (unpaired) electrons. The molecule has 0 aromatic heterocycles. The Hall–Kier alpha value is -0.937. The first-order chi connectivity index (χ1) is 8.42. The van der Waals surface area contributed by atoms with Crippen molar-refractivity contribution in [3.63, 3.8) is 0 Å². The van der Waals surface area contributed by atoms with Crippen molar-refractivity contribution < 1.29 is 26.2 Å². The van der Waals surface area contributed by atoms with Gasteiger partial charge in [0, 0.05) is 0 Å². The number of allylic oxidation sites excluding steroid dienone is 6. The van der Waals surface area contributed by atoms with E-state index in [2.05, 4.69) is 55.1 Å². The van der Waals surface area contributed by atoms with Gasteiger partial charge in [0.25, 0.3) is 0 Å². The summed E-state index contributed by atoms with van der Waals surface area (Å²) in [6, 6.07) is 8.44. The molecule has 1 aromatic carbocycles. The first-order valence-corrected chi connectivity index (χ1v) is 5.92. The van der Waals surface area contributed by atoms with Crippen LogP contribution in [0.5, 0.6) is 0 Å². The number of hydrogen-bond acceptors (Lipinski definition) is 0. The second-order valence-electron chi connectivity index (χ2n) is 4.02. The van der Waals surface area contributed by atoms with Crippen molar-refractivity contribution >= 4 is 6.08 Å². The largest absolute Gasteiger partial charge is 2.00 e. The summed E-state index contributed by atoms with van der Waals surface area (Å²) in [5, 5.41) is 0. The van der Waals surface area contributed by atoms with E-state index in [1.165, 1.54) is 11.1 Å². The standard InChI is InChI=1S/C12H11.C5H5.Zr/c1-2-5-10-8-9-11-6-3-4-7-12(10)11;1-2-4-5-3-1;/h2-4,6-7,9-10H,1,5H2;1-3H,4H2;/q2*-1;+2. The van der Waals surface area contributed by atoms with E-state index in [4.69, 9.17) is 0 Å². The van der Waals surface area contributed by atoms with Crippen molar-refractivity contribution in [1.29, 1.82) is 0 Å². The summed E-state index contributed by atoms with van der Waals surface area (Å²) in [7, 11) is 0. The van der Waals surface area contributed by atoms with Crippen molar-refractivity contribution in [1.82, 2.24) is 0 Å². The average molecular weight is 312 g/mol. The summed E-state index contributed by atoms with van der Waals surface area (Å²) in [4.78, 5) is 0. The van der Waals surface area contributed by atoms with E-state index < -0.39 is 0 Å². The third-order valence-corrected chi connectivity index (χ3v) is 2.80. The molecule has 88 valence electrons. The molecule has 0 aliphatic heterocycles. The van der Waals surface area contributed by atoms with Crippen LogP contribution >= 0.6 is 0 Å². The van der Waals surface area contributed by atoms with Gasteiger partial charge >= 0.3 is 26.2 Å². The van der Waals surface area contributed by atoms with Crippen LogP contribution in [0.25, 0.3) is 6.08 Å². The van der Waals surface area contributed by atoms with Crippen LogP contribution in [0.2, 0.25) is 0 Å². The maximum absolute atomic E-state index is 3.74. The number of rotatable bonds is 2. The van der Waals surface area contributed by atoms with Gasteiger partial charge in [-0.05, 0) is 6.42 Å². The fourth-order valence-corrected chi connectivity index (χ4v) is 1.94. The zero-order chi connectivity index (χ0) is 11.9. The fraction of sp³-hybridized carbons (Fsp3) is 0.176. The minimum absolute atomic E-state index is 0. The van der Waals surface area contributed by atoms with Crippen molar-refractivity contribution in [3.05, 3.63) is 78.4 Å². The molecule has 0 amide bonds. The molecule has 0 N–H and O–H groups in total. The summed E-state index contributed by atoms with van der Waals surface area (Å²) < 4.78 is 0. The van der Waals surface area contributed by atoms with Gasteiger partial charge in [-0.1, -0.05) is 30.2 Å². The van der Waals surface area contributed by atoms with Crippen LogP contribution in [-0.4, -0.2) is 0 Å². The van der Waals surface area contributed by atoms with Gasteiger partial charge in [-0.25, -0.2) is 18.2 Å². The van der Waals surface area contributed by atoms with E-state index in [9.17, 15) is 0 Å². The molecule has 2 aliphatic rings. The smallest absolute Gasteiger partial charge is 0.273 e. The molecule has 0 fully saturated rings. The molecule has 1 unspecified atom stereocenters. The molecule has 3 rings (SSSR count). The summed E-state index contributed by atoms with van der Waals surface area (Å²) in [5.41, 5.74) is 2.70. The van der Waals surface area contributed by atoms with E-state index in [0.717, 1.165) is 12.8 Å². The first-order valence-electron chi connectivity index (χ1n) is 5.92. The van der Waals surface area contributed by atoms with Crippen LogP contribution in [-0.2, 0) is 26.2 Å². The minimum Gasteiger partial charge on any atom is -0.273 e. The Bertz CT molecular complexity index is 456. The Balaban J connectivity index is 0.000000230. The third-order valence-electron chi connectivity index (χ3n) is 2.80. The first kappa shape index (κ1) is 15.1. The van der Waals surface area contributed by atoms with Crippen molar-refractivity contribution in [3.8, 4) is 0 Å². The van der Waals surface area contributed by atoms with Gasteiger partial charge < -0.3 is 0 Å². The van der Waals surface area contributed by atoms with E-state index >= 15 is 0 Å². The molecule has 0 saturated heterocycles. The fourth-order valence-electron chi connectivity index (χ4n) is 1.94. The molecule has 0 saturated carbocycles. The van der Waals surface area contributed by atoms with Gasteiger partial charge in [0.2, 0.25) is 0 Å². The molecule has 0 spiro atoms. The zero-order valence-corrected chi connectivity index (χ0v) is 12.9. The van der Waals surface area contributed by atoms with E-state index in [0.29, 0.717) is 5.92 Å². The Kier molecular flexibility index (Phi) is 6.90. The van der Waals surface area contributed by atoms with Crippen LogP contribution in [0.4, 0.5) is 0 Å². The Labute approximate surface area is 129 Å². The normalized spacial score (nSPS) is 17.7. The van der Waals surface area contributed by atoms with Crippen LogP contribution in [0.1, 0.15) is 29.9 Å². The molecule has 2 aliphatic carbocycles. The monoisotopic (exact) mass is 310 g/mol. The maximum atomic E-state index is 3.74. The van der Waals surface area contributed by atoms with Crippen LogP contribution in [0.3, 0.4) is 0 Å². The molecule has 0 heterocycles. The predicted molar refractivity (Wildman–Crippen MR) is 73.3 cm³/mol. The van der Waals surface area contributed by atoms with Gasteiger partial charge in [-0.3, -0.25) is 12.2 Å². The van der Waals surface area contributed by atoms with Crippen LogP contribution in [0.15, 0.2) is 55.1 Å². The van der Waals surface area contributed by atoms with E-state index in [1.54, 1.807) is 0 Å². The second kappa shape index (κ2) is 8.22. The van der Waals surface area contributed by atoms with Crippen molar-refractivity contribution in [2.45, 2.75) is 18.8 Å². The molecule has 1 heteroatoms. The van der Waals surface area contributed by atoms with Crippen LogP contribution < -0.4 is 0 Å². The molecule has 0 bridgehead atoms. The van der Waals surface area contributed by atoms with Crippen molar-refractivity contribution in [2.24, 2.45) is 0 Å². The molecule has 1 atom stereocenters. The topological polar surface area (TPSA) is 0 Å². The summed E-state index contributed by atoms with van der Waals surface area (Å²) in [5.74, 6) is 0.443. The molecule has 18 heavy (non-hydrogen) atoms. The van der Waals surface area contributed by atoms with Crippen molar-refractivity contribution in [2.75, 3.05) is 0 Å². The average Bonchev–Trinajstić information content (AvgIpc) is 3.02. The molecular formula is C17H16Zr. The number of fused-ring (bicyclic) bond motifs is 1. The summed E-state index contributed by atoms with van der Waals surface area (Å²) >= 11 is 0. The van der Waals surface area contributed by atoms with E-state index in [1.807, 2.05) is 18.2 Å². The Morgan fingerprint density at radius 1 is 1.33 bits per heavy atom. The van der Waals surface area contributed by atoms with Crippen LogP contribution in [0, 0.1) is 12.2 Å². The van der Waals surface area contributed by atoms with Gasteiger partial charge in [-0.15, -0.1) is 24.6 Å². The minimum atomic E-state index is 0. The van der Waals surface area contributed by atoms with Gasteiger partial charge in [0.05, 0.1) is 0 Å². The third kappa shape index (κ3) is 4.07. The zero-order valence-electron chi connectivity index (χ0n) is 10.4. The second-order valence-corrected chi connectivity index (χ2v) is 4.02. The van der Waals surface area contributed by atoms with Gasteiger partial charge in [-0.2, -0.15) is 11.6 Å². The Morgan fingerprint density at radius 3 is 2.78 bits per heavy atom. The Morgan fingerprint density at radius 2 is 2.17 bits per heavy atom. The number of hydrogen-bond donors (Lipinski definition) is 0. The quantitative estimate of drug-likeness (QED) is 0.558. The number of benzene rings is 1. The summed E-state index contributed by atoms with van der Waals surface area (Å²) in [6.45, 7) is 3.74.